The predicted octanol–water partition coefficient (Wildman–Crippen LogP) is 15.9. The Balaban J connectivity index is 0.000000170. The second-order valence-corrected chi connectivity index (χ2v) is 42.0. The molecule has 0 spiro atoms. The van der Waals surface area contributed by atoms with Crippen molar-refractivity contribution in [1.82, 2.24) is 29.8 Å². The number of amides is 4. The standard InChI is InChI=1S/C27H39N3O3Si.C25H31Br2N3O2.C16H23BrN2O3.C9H18N2O2.C7H4BrFO/c1-27(2,3)33-26(32)30-13-11-29(12-14-30)19-7-8-20-23(16-19)34(5,6)24-17-22-18(9-10-28(22)4)15-21(24)25(20)31;1-25(2,3)32-24(31)30-11-9-29(10-12-30)20-6-5-17(21(26)15-20)13-19-14-18-7-8-28(4)23(18)16-22(19)27;1-16(2,3)22-15(21)19-8-6-18(7-9-19)13-5-4-12(11-20)14(17)10-13;1-9(2,3)13-8(12)11-6-4-10-5-7-11;8-7-3-6(9)2-1-5(7)4-10/h7-8,15-17,21,24-25,31H,9-14H2,1-6H3;5-6,14-16H,7-13H2,1-4H3;4-5,10,20H,6-9,11H2,1-3H3;10H,4-7H2,1-3H3;1-4H. The van der Waals surface area contributed by atoms with Gasteiger partial charge in [-0.15, -0.1) is 0 Å². The second-order valence-electron chi connectivity index (χ2n) is 34.0. The van der Waals surface area contributed by atoms with Gasteiger partial charge in [0.2, 0.25) is 0 Å². The minimum absolute atomic E-state index is 0.0211. The number of aliphatic hydroxyl groups excluding tert-OH is 2. The molecule has 3 atom stereocenters. The molecule has 5 fully saturated rings. The van der Waals surface area contributed by atoms with Crippen molar-refractivity contribution >= 4 is 130 Å². The summed E-state index contributed by atoms with van der Waals surface area (Å²) in [6.07, 6.45) is 7.27. The van der Waals surface area contributed by atoms with Crippen LogP contribution in [-0.2, 0) is 38.4 Å². The van der Waals surface area contributed by atoms with E-state index in [-0.39, 0.29) is 48.3 Å². The maximum atomic E-state index is 12.5. The molecule has 7 heterocycles. The fourth-order valence-electron chi connectivity index (χ4n) is 14.6. The number of ether oxygens (including phenoxy) is 4. The maximum absolute atomic E-state index is 12.5. The zero-order valence-electron chi connectivity index (χ0n) is 67.6. The van der Waals surface area contributed by atoms with Crippen molar-refractivity contribution in [1.29, 1.82) is 0 Å². The van der Waals surface area contributed by atoms with Crippen LogP contribution < -0.4 is 30.1 Å². The lowest BCUT2D eigenvalue weighted by Gasteiger charge is -2.47. The lowest BCUT2D eigenvalue weighted by Crippen LogP contribution is -2.55. The lowest BCUT2D eigenvalue weighted by atomic mass is 9.85. The third kappa shape index (κ3) is 24.2. The fourth-order valence-corrected chi connectivity index (χ4v) is 20.2. The molecule has 8 aliphatic rings. The molecule has 1 aliphatic carbocycles. The van der Waals surface area contributed by atoms with Gasteiger partial charge < -0.3 is 78.6 Å². The number of nitrogens with one attached hydrogen (secondary N) is 1. The molecule has 3 unspecified atom stereocenters. The molecular formula is C84H115Br4FN10O11Si. The Labute approximate surface area is 691 Å². The summed E-state index contributed by atoms with van der Waals surface area (Å²) in [5.74, 6) is -0.167. The molecule has 4 amide bonds. The number of likely N-dealkylation sites (N-methyl/N-ethyl adjacent to an activating group) is 2. The summed E-state index contributed by atoms with van der Waals surface area (Å²) in [6, 6.07) is 27.7. The number of hydrogen-bond donors (Lipinski definition) is 3. The molecular weight excluding hydrogens is 1690 g/mol. The Morgan fingerprint density at radius 3 is 1.39 bits per heavy atom. The lowest BCUT2D eigenvalue weighted by molar-refractivity contribution is 0.0221. The first-order valence-corrected chi connectivity index (χ1v) is 44.8. The largest absolute Gasteiger partial charge is 0.444 e. The third-order valence-corrected chi connectivity index (χ3v) is 27.5. The van der Waals surface area contributed by atoms with Gasteiger partial charge in [0.05, 0.1) is 20.8 Å². The van der Waals surface area contributed by atoms with Crippen molar-refractivity contribution in [3.05, 3.63) is 165 Å². The van der Waals surface area contributed by atoms with Crippen molar-refractivity contribution in [2.45, 2.75) is 156 Å². The Kier molecular flexibility index (Phi) is 30.0. The zero-order chi connectivity index (χ0) is 81.2. The molecule has 5 saturated heterocycles. The number of aldehydes is 1. The molecule has 606 valence electrons. The van der Waals surface area contributed by atoms with E-state index in [1.54, 1.807) is 14.7 Å². The number of likely N-dealkylation sites (tertiary alicyclic amines) is 1. The summed E-state index contributed by atoms with van der Waals surface area (Å²) in [4.78, 5) is 77.2. The molecule has 111 heavy (non-hydrogen) atoms. The van der Waals surface area contributed by atoms with Crippen LogP contribution in [0.25, 0.3) is 0 Å². The second kappa shape index (κ2) is 37.7. The van der Waals surface area contributed by atoms with Crippen LogP contribution in [0.2, 0.25) is 18.6 Å². The molecule has 0 saturated carbocycles. The molecule has 0 radical (unpaired) electrons. The molecule has 5 aromatic carbocycles. The van der Waals surface area contributed by atoms with Crippen LogP contribution in [0.5, 0.6) is 0 Å². The number of nitrogens with zero attached hydrogens (tertiary/aromatic N) is 9. The highest BCUT2D eigenvalue weighted by Gasteiger charge is 2.49. The first-order valence-electron chi connectivity index (χ1n) is 38.5. The minimum atomic E-state index is -1.88. The summed E-state index contributed by atoms with van der Waals surface area (Å²) in [5, 5.41) is 25.2. The SMILES string of the molecule is CC(C)(C)OC(=O)N1CCN(c2ccc(CO)c(Br)c2)CC1.CC(C)(C)OC(=O)N1CCNCC1.CN1CCC2=CC3C(O)c4ccc(N5CCN(C(=O)OC(C)(C)C)CC5)cc4[Si](C)(C)C3C=C21.CN1CCc2cc(Cc3ccc(N4CCN(C(=O)OC(C)(C)C)CC4)cc3Br)c(Br)cc21.O=Cc1ccc(F)cc1Br. The molecule has 0 aromatic heterocycles. The number of carbonyl (C=O) groups excluding carboxylic acids is 5. The first kappa shape index (κ1) is 88.2. The van der Waals surface area contributed by atoms with Crippen molar-refractivity contribution < 1.29 is 57.5 Å². The van der Waals surface area contributed by atoms with Gasteiger partial charge in [-0.1, -0.05) is 102 Å². The number of carbonyl (C=O) groups is 5. The van der Waals surface area contributed by atoms with Gasteiger partial charge in [-0.3, -0.25) is 4.79 Å². The van der Waals surface area contributed by atoms with E-state index in [4.69, 9.17) is 18.9 Å². The molecule has 21 nitrogen and oxygen atoms in total. The number of halogens is 5. The van der Waals surface area contributed by atoms with Crippen molar-refractivity contribution in [3.8, 4) is 0 Å². The van der Waals surface area contributed by atoms with E-state index in [0.717, 1.165) is 124 Å². The van der Waals surface area contributed by atoms with E-state index >= 15 is 0 Å². The van der Waals surface area contributed by atoms with Gasteiger partial charge in [-0.2, -0.15) is 0 Å². The topological polar surface area (TPSA) is 204 Å². The molecule has 0 bridgehead atoms. The highest BCUT2D eigenvalue weighted by Crippen LogP contribution is 2.51. The Morgan fingerprint density at radius 1 is 0.514 bits per heavy atom. The van der Waals surface area contributed by atoms with Gasteiger partial charge in [0, 0.05) is 190 Å². The smallest absolute Gasteiger partial charge is 0.410 e. The fraction of sp³-hybridized carbons (Fsp3) is 0.536. The van der Waals surface area contributed by atoms with Crippen molar-refractivity contribution in [2.24, 2.45) is 5.92 Å². The number of anilines is 4. The zero-order valence-corrected chi connectivity index (χ0v) is 74.9. The van der Waals surface area contributed by atoms with Crippen molar-refractivity contribution in [3.63, 3.8) is 0 Å². The first-order chi connectivity index (χ1) is 52.1. The van der Waals surface area contributed by atoms with E-state index in [0.29, 0.717) is 61.1 Å². The van der Waals surface area contributed by atoms with E-state index in [1.165, 1.54) is 72.9 Å². The Bertz CT molecular complexity index is 4170. The molecule has 13 rings (SSSR count). The van der Waals surface area contributed by atoms with Crippen LogP contribution in [0.3, 0.4) is 0 Å². The molecule has 3 N–H and O–H groups in total. The van der Waals surface area contributed by atoms with Crippen molar-refractivity contribution in [2.75, 3.05) is 152 Å². The summed E-state index contributed by atoms with van der Waals surface area (Å²) >= 11 is 14.1. The van der Waals surface area contributed by atoms with E-state index in [9.17, 15) is 38.6 Å². The predicted molar refractivity (Wildman–Crippen MR) is 458 cm³/mol. The van der Waals surface area contributed by atoms with E-state index < -0.39 is 31.0 Å². The minimum Gasteiger partial charge on any atom is -0.444 e. The van der Waals surface area contributed by atoms with Gasteiger partial charge in [0.15, 0.2) is 6.29 Å². The van der Waals surface area contributed by atoms with Crippen LogP contribution in [0.1, 0.15) is 134 Å². The number of aliphatic hydroxyl groups is 2. The van der Waals surface area contributed by atoms with Gasteiger partial charge >= 0.3 is 24.4 Å². The summed E-state index contributed by atoms with van der Waals surface area (Å²) in [6.45, 7) is 41.7. The Morgan fingerprint density at radius 2 is 0.946 bits per heavy atom. The highest BCUT2D eigenvalue weighted by molar-refractivity contribution is 9.11. The van der Waals surface area contributed by atoms with Gasteiger partial charge in [0.1, 0.15) is 28.2 Å². The van der Waals surface area contributed by atoms with E-state index in [1.807, 2.05) is 106 Å². The van der Waals surface area contributed by atoms with Crippen LogP contribution in [0.4, 0.5) is 46.3 Å². The number of rotatable bonds is 7. The van der Waals surface area contributed by atoms with Gasteiger partial charge in [-0.25, -0.2) is 23.6 Å². The van der Waals surface area contributed by atoms with E-state index in [2.05, 4.69) is 181 Å². The number of fused-ring (bicyclic) bond motifs is 4. The normalized spacial score (nSPS) is 19.5. The Hall–Kier alpha value is -6.72. The number of allylic oxidation sites excluding steroid dienone is 2. The van der Waals surface area contributed by atoms with Gasteiger partial charge in [-0.05, 0) is 218 Å². The number of hydrogen-bond acceptors (Lipinski definition) is 17. The monoisotopic (exact) mass is 1800 g/mol. The van der Waals surface area contributed by atoms with Crippen LogP contribution in [0, 0.1) is 11.7 Å². The van der Waals surface area contributed by atoms with Crippen LogP contribution in [0.15, 0.2) is 126 Å². The quantitative estimate of drug-likeness (QED) is 0.0787. The summed E-state index contributed by atoms with van der Waals surface area (Å²) in [5.41, 5.74) is 12.7. The highest BCUT2D eigenvalue weighted by atomic mass is 79.9. The average molecular weight is 1810 g/mol. The third-order valence-electron chi connectivity index (χ3n) is 20.6. The molecule has 7 aliphatic heterocycles. The number of benzene rings is 5. The van der Waals surface area contributed by atoms with Crippen LogP contribution in [-0.4, -0.2) is 228 Å². The summed E-state index contributed by atoms with van der Waals surface area (Å²) in [7, 11) is 2.46. The number of piperazine rings is 4. The summed E-state index contributed by atoms with van der Waals surface area (Å²) < 4.78 is 37.7. The van der Waals surface area contributed by atoms with Gasteiger partial charge in [0.25, 0.3) is 0 Å². The maximum Gasteiger partial charge on any atom is 0.410 e. The molecule has 5 aromatic rings. The average Bonchev–Trinajstić information content (AvgIpc) is 1.46. The van der Waals surface area contributed by atoms with Crippen LogP contribution >= 0.6 is 63.7 Å². The molecule has 27 heteroatoms.